The van der Waals surface area contributed by atoms with Gasteiger partial charge in [0, 0.05) is 5.56 Å². The summed E-state index contributed by atoms with van der Waals surface area (Å²) in [6.45, 7) is 0. The number of phenols is 1. The number of carbonyl (C=O) groups is 1. The number of halogens is 1. The molecule has 0 saturated carbocycles. The van der Waals surface area contributed by atoms with Crippen molar-refractivity contribution in [2.24, 2.45) is 0 Å². The molecular formula is C9H9ClO4. The average Bonchev–Trinajstić information content (AvgIpc) is 2.20. The van der Waals surface area contributed by atoms with Crippen molar-refractivity contribution in [1.82, 2.24) is 0 Å². The van der Waals surface area contributed by atoms with Crippen LogP contribution < -0.4 is 0 Å². The van der Waals surface area contributed by atoms with Crippen LogP contribution in [0.2, 0.25) is 5.02 Å². The highest BCUT2D eigenvalue weighted by atomic mass is 35.5. The predicted molar refractivity (Wildman–Crippen MR) is 50.1 cm³/mol. The zero-order chi connectivity index (χ0) is 10.7. The van der Waals surface area contributed by atoms with E-state index in [1.54, 1.807) is 0 Å². The summed E-state index contributed by atoms with van der Waals surface area (Å²) in [5, 5.41) is 18.6. The maximum atomic E-state index is 11.0. The number of phenolic OH excluding ortho intramolecular Hbond substituents is 1. The minimum Gasteiger partial charge on any atom is -0.506 e. The molecule has 5 heteroatoms. The van der Waals surface area contributed by atoms with Crippen molar-refractivity contribution in [1.29, 1.82) is 0 Å². The van der Waals surface area contributed by atoms with Gasteiger partial charge in [-0.1, -0.05) is 23.7 Å². The molecule has 1 atom stereocenters. The Morgan fingerprint density at radius 2 is 2.21 bits per heavy atom. The Morgan fingerprint density at radius 3 is 2.79 bits per heavy atom. The normalized spacial score (nSPS) is 12.2. The molecule has 0 fully saturated rings. The lowest BCUT2D eigenvalue weighted by atomic mass is 10.1. The fourth-order valence-corrected chi connectivity index (χ4v) is 1.22. The number of methoxy groups -OCH3 is 1. The van der Waals surface area contributed by atoms with Crippen LogP contribution in [0.3, 0.4) is 0 Å². The van der Waals surface area contributed by atoms with Crippen LogP contribution in [0.25, 0.3) is 0 Å². The van der Waals surface area contributed by atoms with Gasteiger partial charge < -0.3 is 14.9 Å². The zero-order valence-electron chi connectivity index (χ0n) is 7.40. The molecule has 1 aromatic rings. The molecule has 76 valence electrons. The largest absolute Gasteiger partial charge is 0.506 e. The molecule has 0 amide bonds. The number of aliphatic hydroxyl groups excluding tert-OH is 1. The van der Waals surface area contributed by atoms with Gasteiger partial charge in [0.05, 0.1) is 12.1 Å². The molecule has 1 rings (SSSR count). The lowest BCUT2D eigenvalue weighted by Gasteiger charge is -2.10. The van der Waals surface area contributed by atoms with Gasteiger partial charge >= 0.3 is 5.97 Å². The first kappa shape index (κ1) is 10.8. The number of aliphatic hydroxyl groups is 1. The van der Waals surface area contributed by atoms with Crippen LogP contribution in [0.15, 0.2) is 18.2 Å². The van der Waals surface area contributed by atoms with Crippen LogP contribution in [-0.2, 0) is 9.53 Å². The molecule has 0 aromatic heterocycles. The van der Waals surface area contributed by atoms with Crippen molar-refractivity contribution in [2.75, 3.05) is 7.11 Å². The lowest BCUT2D eigenvalue weighted by molar-refractivity contribution is -0.150. The van der Waals surface area contributed by atoms with Gasteiger partial charge in [0.2, 0.25) is 0 Å². The Bertz CT molecular complexity index is 351. The van der Waals surface area contributed by atoms with Crippen LogP contribution in [0.5, 0.6) is 5.75 Å². The maximum absolute atomic E-state index is 11.0. The van der Waals surface area contributed by atoms with Gasteiger partial charge in [0.25, 0.3) is 0 Å². The second-order valence-corrected chi connectivity index (χ2v) is 2.98. The molecule has 14 heavy (non-hydrogen) atoms. The summed E-state index contributed by atoms with van der Waals surface area (Å²) in [7, 11) is 1.16. The Balaban J connectivity index is 3.07. The van der Waals surface area contributed by atoms with Gasteiger partial charge in [0.15, 0.2) is 6.10 Å². The Labute approximate surface area is 85.7 Å². The van der Waals surface area contributed by atoms with E-state index in [0.29, 0.717) is 0 Å². The highest BCUT2D eigenvalue weighted by Crippen LogP contribution is 2.31. The number of benzene rings is 1. The molecular weight excluding hydrogens is 208 g/mol. The van der Waals surface area contributed by atoms with E-state index in [1.807, 2.05) is 0 Å². The van der Waals surface area contributed by atoms with E-state index in [2.05, 4.69) is 4.74 Å². The first-order valence-corrected chi connectivity index (χ1v) is 4.19. The molecule has 0 spiro atoms. The summed E-state index contributed by atoms with van der Waals surface area (Å²) >= 11 is 5.67. The first-order chi connectivity index (χ1) is 6.57. The van der Waals surface area contributed by atoms with Crippen molar-refractivity contribution in [3.63, 3.8) is 0 Å². The summed E-state index contributed by atoms with van der Waals surface area (Å²) in [6, 6.07) is 4.27. The molecule has 0 aliphatic rings. The molecule has 0 aliphatic heterocycles. The summed E-state index contributed by atoms with van der Waals surface area (Å²) in [5.41, 5.74) is 0.124. The molecule has 0 radical (unpaired) electrons. The Kier molecular flexibility index (Phi) is 3.33. The number of ether oxygens (including phenoxy) is 1. The smallest absolute Gasteiger partial charge is 0.339 e. The molecule has 1 aromatic carbocycles. The number of hydrogen-bond acceptors (Lipinski definition) is 4. The number of rotatable bonds is 2. The quantitative estimate of drug-likeness (QED) is 0.731. The Hall–Kier alpha value is -1.26. The molecule has 2 N–H and O–H groups in total. The number of hydrogen-bond donors (Lipinski definition) is 2. The fraction of sp³-hybridized carbons (Fsp3) is 0.222. The second-order valence-electron chi connectivity index (χ2n) is 2.61. The van der Waals surface area contributed by atoms with Crippen molar-refractivity contribution < 1.29 is 19.7 Å². The lowest BCUT2D eigenvalue weighted by Crippen LogP contribution is -2.13. The van der Waals surface area contributed by atoms with Crippen molar-refractivity contribution in [3.8, 4) is 5.75 Å². The number of esters is 1. The van der Waals surface area contributed by atoms with E-state index in [-0.39, 0.29) is 16.3 Å². The number of carbonyl (C=O) groups excluding carboxylic acids is 1. The molecule has 0 saturated heterocycles. The first-order valence-electron chi connectivity index (χ1n) is 3.81. The van der Waals surface area contributed by atoms with E-state index < -0.39 is 12.1 Å². The Morgan fingerprint density at radius 1 is 1.57 bits per heavy atom. The molecule has 1 unspecified atom stereocenters. The molecule has 0 bridgehead atoms. The van der Waals surface area contributed by atoms with Gasteiger partial charge in [-0.25, -0.2) is 4.79 Å². The third-order valence-corrected chi connectivity index (χ3v) is 2.14. The average molecular weight is 217 g/mol. The summed E-state index contributed by atoms with van der Waals surface area (Å²) in [5.74, 6) is -1.01. The van der Waals surface area contributed by atoms with Crippen molar-refractivity contribution in [3.05, 3.63) is 28.8 Å². The van der Waals surface area contributed by atoms with E-state index in [4.69, 9.17) is 11.6 Å². The minimum atomic E-state index is -1.47. The highest BCUT2D eigenvalue weighted by molar-refractivity contribution is 6.33. The van der Waals surface area contributed by atoms with E-state index in [0.717, 1.165) is 7.11 Å². The maximum Gasteiger partial charge on any atom is 0.339 e. The topological polar surface area (TPSA) is 66.8 Å². The van der Waals surface area contributed by atoms with Crippen molar-refractivity contribution >= 4 is 17.6 Å². The summed E-state index contributed by atoms with van der Waals surface area (Å²) in [6.07, 6.45) is -1.47. The molecule has 0 heterocycles. The van der Waals surface area contributed by atoms with Gasteiger partial charge in [0.1, 0.15) is 5.75 Å². The number of aromatic hydroxyl groups is 1. The minimum absolute atomic E-state index is 0.0506. The van der Waals surface area contributed by atoms with E-state index in [1.165, 1.54) is 18.2 Å². The zero-order valence-corrected chi connectivity index (χ0v) is 8.15. The molecule has 4 nitrogen and oxygen atoms in total. The third kappa shape index (κ3) is 1.97. The summed E-state index contributed by atoms with van der Waals surface area (Å²) < 4.78 is 4.33. The van der Waals surface area contributed by atoms with E-state index in [9.17, 15) is 15.0 Å². The molecule has 0 aliphatic carbocycles. The monoisotopic (exact) mass is 216 g/mol. The van der Waals surface area contributed by atoms with Gasteiger partial charge in [-0.05, 0) is 6.07 Å². The van der Waals surface area contributed by atoms with Gasteiger partial charge in [-0.15, -0.1) is 0 Å². The standard InChI is InChI=1S/C9H9ClO4/c1-14-9(13)8(12)5-3-2-4-6(11)7(5)10/h2-4,8,11-12H,1H3. The highest BCUT2D eigenvalue weighted by Gasteiger charge is 2.21. The predicted octanol–water partition coefficient (Wildman–Crippen LogP) is 1.25. The van der Waals surface area contributed by atoms with Gasteiger partial charge in [-0.2, -0.15) is 0 Å². The second kappa shape index (κ2) is 4.30. The van der Waals surface area contributed by atoms with Crippen LogP contribution in [0.1, 0.15) is 11.7 Å². The van der Waals surface area contributed by atoms with Crippen LogP contribution in [-0.4, -0.2) is 23.3 Å². The fourth-order valence-electron chi connectivity index (χ4n) is 0.987. The summed E-state index contributed by atoms with van der Waals surface area (Å²) in [4.78, 5) is 11.0. The third-order valence-electron chi connectivity index (χ3n) is 1.73. The van der Waals surface area contributed by atoms with E-state index >= 15 is 0 Å². The van der Waals surface area contributed by atoms with Crippen LogP contribution >= 0.6 is 11.6 Å². The van der Waals surface area contributed by atoms with Gasteiger partial charge in [-0.3, -0.25) is 0 Å². The SMILES string of the molecule is COC(=O)C(O)c1cccc(O)c1Cl. The van der Waals surface area contributed by atoms with Crippen molar-refractivity contribution in [2.45, 2.75) is 6.10 Å². The van der Waals surface area contributed by atoms with Crippen LogP contribution in [0.4, 0.5) is 0 Å². The van der Waals surface area contributed by atoms with Crippen LogP contribution in [0, 0.1) is 0 Å².